The van der Waals surface area contributed by atoms with Crippen LogP contribution >= 0.6 is 0 Å². The average Bonchev–Trinajstić information content (AvgIpc) is 2.82. The Kier molecular flexibility index (Phi) is 6.60. The van der Waals surface area contributed by atoms with E-state index in [-0.39, 0.29) is 28.5 Å². The molecule has 4 aromatic heterocycles. The van der Waals surface area contributed by atoms with Gasteiger partial charge in [-0.05, 0) is 49.6 Å². The Bertz CT molecular complexity index is 1430. The molecular formula is C24H26N6O3. The van der Waals surface area contributed by atoms with Crippen molar-refractivity contribution in [3.63, 3.8) is 0 Å². The summed E-state index contributed by atoms with van der Waals surface area (Å²) in [5.41, 5.74) is 2.39. The van der Waals surface area contributed by atoms with Gasteiger partial charge < -0.3 is 14.6 Å². The Morgan fingerprint density at radius 2 is 2.12 bits per heavy atom. The highest BCUT2D eigenvalue weighted by Crippen LogP contribution is 2.13. The fourth-order valence-corrected chi connectivity index (χ4v) is 3.66. The number of amides is 1. The van der Waals surface area contributed by atoms with Gasteiger partial charge in [-0.2, -0.15) is 0 Å². The lowest BCUT2D eigenvalue weighted by Gasteiger charge is -2.15. The molecule has 0 unspecified atom stereocenters. The molecule has 0 aromatic carbocycles. The highest BCUT2D eigenvalue weighted by molar-refractivity contribution is 5.96. The standard InChI is InChI=1S/C24H26N6O3/c1-3-33-11-5-10-27-23(31)18-12-19-22(28-20-8-7-16(2)14-29(20)24(19)32)30(21(18)25)15-17-6-4-9-26-13-17/h4,6-9,12-14,25H,3,5,10-11,15H2,1-2H3,(H,27,31). The van der Waals surface area contributed by atoms with E-state index in [1.54, 1.807) is 35.3 Å². The van der Waals surface area contributed by atoms with E-state index in [1.165, 1.54) is 10.5 Å². The minimum Gasteiger partial charge on any atom is -0.382 e. The zero-order valence-electron chi connectivity index (χ0n) is 18.7. The normalized spacial score (nSPS) is 11.2. The molecule has 0 aliphatic heterocycles. The van der Waals surface area contributed by atoms with E-state index in [1.807, 2.05) is 26.0 Å². The van der Waals surface area contributed by atoms with Crippen LogP contribution in [0, 0.1) is 12.3 Å². The molecule has 0 aliphatic carbocycles. The summed E-state index contributed by atoms with van der Waals surface area (Å²) in [5, 5.41) is 11.9. The molecule has 9 heteroatoms. The lowest BCUT2D eigenvalue weighted by molar-refractivity contribution is 0.0942. The molecule has 4 rings (SSSR count). The lowest BCUT2D eigenvalue weighted by atomic mass is 10.1. The predicted molar refractivity (Wildman–Crippen MR) is 124 cm³/mol. The van der Waals surface area contributed by atoms with Gasteiger partial charge in [0.2, 0.25) is 0 Å². The Morgan fingerprint density at radius 1 is 1.27 bits per heavy atom. The minimum absolute atomic E-state index is 0.0166. The first-order chi connectivity index (χ1) is 16.0. The average molecular weight is 447 g/mol. The number of aryl methyl sites for hydroxylation is 1. The van der Waals surface area contributed by atoms with Crippen molar-refractivity contribution in [2.24, 2.45) is 0 Å². The molecular weight excluding hydrogens is 420 g/mol. The zero-order valence-corrected chi connectivity index (χ0v) is 18.7. The Balaban J connectivity index is 1.86. The third-order valence-electron chi connectivity index (χ3n) is 5.32. The Morgan fingerprint density at radius 3 is 2.88 bits per heavy atom. The maximum absolute atomic E-state index is 13.4. The molecule has 4 aromatic rings. The number of fused-ring (bicyclic) bond motifs is 2. The van der Waals surface area contributed by atoms with E-state index in [4.69, 9.17) is 10.1 Å². The van der Waals surface area contributed by atoms with E-state index >= 15 is 0 Å². The van der Waals surface area contributed by atoms with Crippen LogP contribution in [-0.4, -0.2) is 44.6 Å². The van der Waals surface area contributed by atoms with Crippen LogP contribution in [0.25, 0.3) is 16.7 Å². The molecule has 0 fully saturated rings. The van der Waals surface area contributed by atoms with Crippen molar-refractivity contribution in [2.75, 3.05) is 19.8 Å². The van der Waals surface area contributed by atoms with Crippen LogP contribution in [0.3, 0.4) is 0 Å². The summed E-state index contributed by atoms with van der Waals surface area (Å²) in [6.45, 7) is 5.63. The van der Waals surface area contributed by atoms with Crippen molar-refractivity contribution in [3.8, 4) is 0 Å². The van der Waals surface area contributed by atoms with E-state index in [0.29, 0.717) is 37.5 Å². The van der Waals surface area contributed by atoms with E-state index < -0.39 is 5.91 Å². The topological polar surface area (TPSA) is 114 Å². The van der Waals surface area contributed by atoms with Crippen LogP contribution in [0.5, 0.6) is 0 Å². The van der Waals surface area contributed by atoms with Crippen molar-refractivity contribution in [1.29, 1.82) is 5.41 Å². The summed E-state index contributed by atoms with van der Waals surface area (Å²) in [7, 11) is 0. The van der Waals surface area contributed by atoms with Gasteiger partial charge in [-0.3, -0.25) is 24.4 Å². The van der Waals surface area contributed by atoms with Crippen molar-refractivity contribution in [1.82, 2.24) is 24.3 Å². The first kappa shape index (κ1) is 22.3. The monoisotopic (exact) mass is 446 g/mol. The fourth-order valence-electron chi connectivity index (χ4n) is 3.66. The number of nitrogens with zero attached hydrogens (tertiary/aromatic N) is 4. The van der Waals surface area contributed by atoms with Gasteiger partial charge >= 0.3 is 0 Å². The molecule has 0 radical (unpaired) electrons. The quantitative estimate of drug-likeness (QED) is 0.318. The second kappa shape index (κ2) is 9.74. The summed E-state index contributed by atoms with van der Waals surface area (Å²) in [6, 6.07) is 8.80. The summed E-state index contributed by atoms with van der Waals surface area (Å²) in [6.07, 6.45) is 5.73. The van der Waals surface area contributed by atoms with Crippen LogP contribution in [0.1, 0.15) is 34.8 Å². The molecule has 9 nitrogen and oxygen atoms in total. The molecule has 0 saturated carbocycles. The van der Waals surface area contributed by atoms with Gasteiger partial charge in [0.1, 0.15) is 16.8 Å². The summed E-state index contributed by atoms with van der Waals surface area (Å²) in [4.78, 5) is 35.1. The summed E-state index contributed by atoms with van der Waals surface area (Å²) >= 11 is 0. The predicted octanol–water partition coefficient (Wildman–Crippen LogP) is 2.04. The minimum atomic E-state index is -0.410. The van der Waals surface area contributed by atoms with Crippen molar-refractivity contribution >= 4 is 22.6 Å². The van der Waals surface area contributed by atoms with Gasteiger partial charge in [0.05, 0.1) is 17.5 Å². The zero-order chi connectivity index (χ0) is 23.4. The Hall–Kier alpha value is -3.85. The van der Waals surface area contributed by atoms with Gasteiger partial charge in [0.15, 0.2) is 0 Å². The van der Waals surface area contributed by atoms with Gasteiger partial charge in [-0.1, -0.05) is 12.1 Å². The van der Waals surface area contributed by atoms with Crippen LogP contribution in [0.4, 0.5) is 0 Å². The summed E-state index contributed by atoms with van der Waals surface area (Å²) < 4.78 is 8.36. The number of rotatable bonds is 8. The van der Waals surface area contributed by atoms with Crippen molar-refractivity contribution < 1.29 is 9.53 Å². The summed E-state index contributed by atoms with van der Waals surface area (Å²) in [5.74, 6) is -0.410. The van der Waals surface area contributed by atoms with Gasteiger partial charge in [0.25, 0.3) is 11.5 Å². The first-order valence-electron chi connectivity index (χ1n) is 10.9. The molecule has 2 N–H and O–H groups in total. The number of hydrogen-bond donors (Lipinski definition) is 2. The molecule has 1 amide bonds. The lowest BCUT2D eigenvalue weighted by Crippen LogP contribution is -2.35. The SMILES string of the molecule is CCOCCCNC(=O)c1cc2c(=O)n3cc(C)ccc3nc2n(Cc2cccnc2)c1=N. The maximum Gasteiger partial charge on any atom is 0.267 e. The first-order valence-corrected chi connectivity index (χ1v) is 10.9. The third kappa shape index (κ3) is 4.68. The number of hydrogen-bond acceptors (Lipinski definition) is 6. The second-order valence-electron chi connectivity index (χ2n) is 7.75. The largest absolute Gasteiger partial charge is 0.382 e. The Labute approximate surface area is 190 Å². The molecule has 0 saturated heterocycles. The molecule has 0 atom stereocenters. The van der Waals surface area contributed by atoms with Crippen molar-refractivity contribution in [2.45, 2.75) is 26.8 Å². The van der Waals surface area contributed by atoms with E-state index in [0.717, 1.165) is 11.1 Å². The van der Waals surface area contributed by atoms with Gasteiger partial charge in [-0.25, -0.2) is 4.98 Å². The van der Waals surface area contributed by atoms with Crippen LogP contribution < -0.4 is 16.4 Å². The molecule has 0 aliphatic rings. The van der Waals surface area contributed by atoms with Crippen LogP contribution in [-0.2, 0) is 11.3 Å². The third-order valence-corrected chi connectivity index (χ3v) is 5.32. The molecule has 170 valence electrons. The second-order valence-corrected chi connectivity index (χ2v) is 7.75. The van der Waals surface area contributed by atoms with E-state index in [2.05, 4.69) is 15.3 Å². The maximum atomic E-state index is 13.4. The van der Waals surface area contributed by atoms with E-state index in [9.17, 15) is 9.59 Å². The number of carbonyl (C=O) groups is 1. The number of carbonyl (C=O) groups excluding carboxylic acids is 1. The van der Waals surface area contributed by atoms with Crippen molar-refractivity contribution in [3.05, 3.63) is 81.5 Å². The molecule has 33 heavy (non-hydrogen) atoms. The highest BCUT2D eigenvalue weighted by atomic mass is 16.5. The number of aromatic nitrogens is 4. The molecule has 0 bridgehead atoms. The van der Waals surface area contributed by atoms with Gasteiger partial charge in [-0.15, -0.1) is 0 Å². The van der Waals surface area contributed by atoms with Crippen LogP contribution in [0.2, 0.25) is 0 Å². The van der Waals surface area contributed by atoms with Crippen LogP contribution in [0.15, 0.2) is 53.7 Å². The fraction of sp³-hybridized carbons (Fsp3) is 0.292. The highest BCUT2D eigenvalue weighted by Gasteiger charge is 2.18. The van der Waals surface area contributed by atoms with Gasteiger partial charge in [0, 0.05) is 38.3 Å². The number of nitrogens with one attached hydrogen (secondary N) is 2. The molecule has 0 spiro atoms. The smallest absolute Gasteiger partial charge is 0.267 e. The molecule has 4 heterocycles. The number of ether oxygens (including phenoxy) is 1. The number of pyridine rings is 3.